The molecular weight excluding hydrogens is 286 g/mol. The summed E-state index contributed by atoms with van der Waals surface area (Å²) in [5.74, 6) is 0. The van der Waals surface area contributed by atoms with Crippen molar-refractivity contribution in [3.63, 3.8) is 0 Å². The average molecular weight is 303 g/mol. The number of nitrogens with zero attached hydrogens (tertiary/aromatic N) is 1. The third kappa shape index (κ3) is 2.48. The predicted molar refractivity (Wildman–Crippen MR) is 80.3 cm³/mol. The van der Waals surface area contributed by atoms with Crippen molar-refractivity contribution in [2.45, 2.75) is 23.9 Å². The average Bonchev–Trinajstić information content (AvgIpc) is 3.24. The van der Waals surface area contributed by atoms with Crippen molar-refractivity contribution in [1.29, 1.82) is 0 Å². The molecule has 1 unspecified atom stereocenters. The van der Waals surface area contributed by atoms with Gasteiger partial charge in [-0.15, -0.1) is 0 Å². The van der Waals surface area contributed by atoms with Gasteiger partial charge in [0.05, 0.1) is 23.6 Å². The van der Waals surface area contributed by atoms with E-state index in [1.165, 1.54) is 4.31 Å². The highest BCUT2D eigenvalue weighted by molar-refractivity contribution is 7.89. The van der Waals surface area contributed by atoms with Crippen LogP contribution < -0.4 is 0 Å². The number of aliphatic hydroxyl groups is 1. The van der Waals surface area contributed by atoms with E-state index in [9.17, 15) is 13.5 Å². The second-order valence-electron chi connectivity index (χ2n) is 5.25. The summed E-state index contributed by atoms with van der Waals surface area (Å²) in [6.45, 7) is 1.74. The van der Waals surface area contributed by atoms with E-state index in [1.807, 2.05) is 37.3 Å². The van der Waals surface area contributed by atoms with Crippen molar-refractivity contribution >= 4 is 10.0 Å². The lowest BCUT2D eigenvalue weighted by atomic mass is 10.1. The van der Waals surface area contributed by atoms with Gasteiger partial charge >= 0.3 is 0 Å². The molecule has 1 aliphatic rings. The first-order chi connectivity index (χ1) is 10.1. The van der Waals surface area contributed by atoms with Gasteiger partial charge in [-0.25, -0.2) is 8.42 Å². The zero-order chi connectivity index (χ0) is 15.0. The van der Waals surface area contributed by atoms with Gasteiger partial charge in [0.2, 0.25) is 10.0 Å². The number of sulfonamides is 1. The Morgan fingerprint density at radius 2 is 1.67 bits per heavy atom. The number of aryl methyl sites for hydroxylation is 1. The van der Waals surface area contributed by atoms with Gasteiger partial charge in [-0.05, 0) is 24.6 Å². The molecule has 0 bridgehead atoms. The lowest BCUT2D eigenvalue weighted by Gasteiger charge is -2.07. The van der Waals surface area contributed by atoms with E-state index in [1.54, 1.807) is 24.3 Å². The first-order valence-corrected chi connectivity index (χ1v) is 8.26. The normalized spacial score (nSPS) is 24.8. The van der Waals surface area contributed by atoms with E-state index in [0.29, 0.717) is 0 Å². The first kappa shape index (κ1) is 14.3. The summed E-state index contributed by atoms with van der Waals surface area (Å²) in [6.07, 6.45) is 0. The molecule has 0 aromatic heterocycles. The molecule has 110 valence electrons. The fourth-order valence-electron chi connectivity index (χ4n) is 2.62. The summed E-state index contributed by atoms with van der Waals surface area (Å²) in [5.41, 5.74) is 1.92. The van der Waals surface area contributed by atoms with Gasteiger partial charge in [-0.2, -0.15) is 4.31 Å². The van der Waals surface area contributed by atoms with Crippen LogP contribution in [0.3, 0.4) is 0 Å². The van der Waals surface area contributed by atoms with Gasteiger partial charge in [0.25, 0.3) is 0 Å². The largest absolute Gasteiger partial charge is 0.395 e. The third-order valence-corrected chi connectivity index (χ3v) is 5.72. The molecule has 1 aliphatic heterocycles. The number of aliphatic hydroxyl groups excluding tert-OH is 1. The lowest BCUT2D eigenvalue weighted by molar-refractivity contribution is 0.286. The van der Waals surface area contributed by atoms with Gasteiger partial charge < -0.3 is 5.11 Å². The Balaban J connectivity index is 1.94. The van der Waals surface area contributed by atoms with Gasteiger partial charge in [-0.1, -0.05) is 48.0 Å². The van der Waals surface area contributed by atoms with Gasteiger partial charge in [-0.3, -0.25) is 0 Å². The van der Waals surface area contributed by atoms with E-state index < -0.39 is 10.0 Å². The standard InChI is InChI=1S/C16H17NO3S/c1-12-7-9-14(10-8-12)21(19,20)17-15(11-18)16(17)13-5-3-2-4-6-13/h2-10,15-16,18H,11H2,1H3/t15-,16-,17?/m0/s1. The van der Waals surface area contributed by atoms with Gasteiger partial charge in [0, 0.05) is 0 Å². The smallest absolute Gasteiger partial charge is 0.244 e. The van der Waals surface area contributed by atoms with Crippen molar-refractivity contribution in [2.24, 2.45) is 0 Å². The third-order valence-electron chi connectivity index (χ3n) is 3.80. The van der Waals surface area contributed by atoms with Crippen molar-refractivity contribution in [1.82, 2.24) is 4.31 Å². The summed E-state index contributed by atoms with van der Waals surface area (Å²) < 4.78 is 26.7. The highest BCUT2D eigenvalue weighted by Crippen LogP contribution is 2.47. The number of benzene rings is 2. The molecule has 5 heteroatoms. The molecule has 2 aromatic carbocycles. The molecular formula is C16H17NO3S. The number of rotatable bonds is 4. The van der Waals surface area contributed by atoms with Crippen LogP contribution in [0, 0.1) is 6.92 Å². The fraction of sp³-hybridized carbons (Fsp3) is 0.250. The van der Waals surface area contributed by atoms with E-state index in [4.69, 9.17) is 0 Å². The summed E-state index contributed by atoms with van der Waals surface area (Å²) in [7, 11) is -3.57. The first-order valence-electron chi connectivity index (χ1n) is 6.81. The molecule has 0 radical (unpaired) electrons. The Labute approximate surface area is 124 Å². The highest BCUT2D eigenvalue weighted by atomic mass is 32.2. The van der Waals surface area contributed by atoms with Crippen molar-refractivity contribution in [3.05, 3.63) is 65.7 Å². The lowest BCUT2D eigenvalue weighted by Crippen LogP contribution is -2.16. The Hall–Kier alpha value is -1.69. The fourth-order valence-corrected chi connectivity index (χ4v) is 4.39. The predicted octanol–water partition coefficient (Wildman–Crippen LogP) is 2.10. The Morgan fingerprint density at radius 1 is 1.05 bits per heavy atom. The molecule has 0 amide bonds. The van der Waals surface area contributed by atoms with E-state index in [2.05, 4.69) is 0 Å². The van der Waals surface area contributed by atoms with Crippen LogP contribution in [-0.2, 0) is 10.0 Å². The summed E-state index contributed by atoms with van der Waals surface area (Å²) in [5, 5.41) is 9.46. The Kier molecular flexibility index (Phi) is 3.57. The van der Waals surface area contributed by atoms with Crippen LogP contribution in [0.1, 0.15) is 17.2 Å². The van der Waals surface area contributed by atoms with Crippen LogP contribution in [0.5, 0.6) is 0 Å². The maximum Gasteiger partial charge on any atom is 0.244 e. The Bertz CT molecular complexity index is 726. The van der Waals surface area contributed by atoms with Crippen molar-refractivity contribution < 1.29 is 13.5 Å². The molecule has 1 N–H and O–H groups in total. The van der Waals surface area contributed by atoms with E-state index >= 15 is 0 Å². The van der Waals surface area contributed by atoms with Crippen LogP contribution in [-0.4, -0.2) is 30.5 Å². The second-order valence-corrected chi connectivity index (χ2v) is 7.10. The molecule has 2 aromatic rings. The quantitative estimate of drug-likeness (QED) is 0.880. The zero-order valence-electron chi connectivity index (χ0n) is 11.7. The maximum absolute atomic E-state index is 12.7. The number of hydrogen-bond donors (Lipinski definition) is 1. The summed E-state index contributed by atoms with van der Waals surface area (Å²) >= 11 is 0. The topological polar surface area (TPSA) is 57.4 Å². The molecule has 0 saturated carbocycles. The molecule has 21 heavy (non-hydrogen) atoms. The van der Waals surface area contributed by atoms with Crippen molar-refractivity contribution in [2.75, 3.05) is 6.61 Å². The van der Waals surface area contributed by atoms with Crippen LogP contribution in [0.2, 0.25) is 0 Å². The molecule has 4 nitrogen and oxygen atoms in total. The minimum atomic E-state index is -3.57. The van der Waals surface area contributed by atoms with Crippen LogP contribution in [0.25, 0.3) is 0 Å². The van der Waals surface area contributed by atoms with Crippen molar-refractivity contribution in [3.8, 4) is 0 Å². The molecule has 0 aliphatic carbocycles. The van der Waals surface area contributed by atoms with E-state index in [0.717, 1.165) is 11.1 Å². The molecule has 1 fully saturated rings. The second kappa shape index (κ2) is 5.26. The monoisotopic (exact) mass is 303 g/mol. The van der Waals surface area contributed by atoms with Gasteiger partial charge in [0.15, 0.2) is 0 Å². The SMILES string of the molecule is Cc1ccc(S(=O)(=O)N2[C@@H](CO)[C@@H]2c2ccccc2)cc1. The van der Waals surface area contributed by atoms with Crippen LogP contribution >= 0.6 is 0 Å². The minimum Gasteiger partial charge on any atom is -0.395 e. The van der Waals surface area contributed by atoms with E-state index in [-0.39, 0.29) is 23.6 Å². The van der Waals surface area contributed by atoms with Gasteiger partial charge in [0.1, 0.15) is 0 Å². The molecule has 3 atom stereocenters. The summed E-state index contributed by atoms with van der Waals surface area (Å²) in [6, 6.07) is 15.5. The minimum absolute atomic E-state index is 0.176. The highest BCUT2D eigenvalue weighted by Gasteiger charge is 2.55. The maximum atomic E-state index is 12.7. The molecule has 1 heterocycles. The Morgan fingerprint density at radius 3 is 2.24 bits per heavy atom. The summed E-state index contributed by atoms with van der Waals surface area (Å²) in [4.78, 5) is 0.269. The van der Waals surface area contributed by atoms with Crippen LogP contribution in [0.4, 0.5) is 0 Å². The van der Waals surface area contributed by atoms with Crippen LogP contribution in [0.15, 0.2) is 59.5 Å². The molecule has 1 saturated heterocycles. The molecule has 3 rings (SSSR count). The molecule has 0 spiro atoms. The number of hydrogen-bond acceptors (Lipinski definition) is 3. The zero-order valence-corrected chi connectivity index (χ0v) is 12.5.